The first kappa shape index (κ1) is 11.2. The molecule has 0 saturated carbocycles. The third-order valence-corrected chi connectivity index (χ3v) is 4.06. The van der Waals surface area contributed by atoms with Crippen LogP contribution in [0.3, 0.4) is 0 Å². The molecule has 2 aliphatic heterocycles. The van der Waals surface area contributed by atoms with Crippen molar-refractivity contribution >= 4 is 0 Å². The smallest absolute Gasteiger partial charge is 0.111 e. The van der Waals surface area contributed by atoms with Crippen molar-refractivity contribution in [2.75, 3.05) is 6.54 Å². The zero-order valence-corrected chi connectivity index (χ0v) is 10.4. The molecule has 3 N–H and O–H groups in total. The second-order valence-corrected chi connectivity index (χ2v) is 5.35. The third kappa shape index (κ3) is 2.24. The number of imidazole rings is 1. The Hall–Kier alpha value is -0.870. The molecule has 2 unspecified atom stereocenters. The van der Waals surface area contributed by atoms with Gasteiger partial charge < -0.3 is 15.6 Å². The number of aromatic nitrogens is 2. The van der Waals surface area contributed by atoms with Crippen molar-refractivity contribution in [3.05, 3.63) is 17.7 Å². The van der Waals surface area contributed by atoms with Gasteiger partial charge in [-0.2, -0.15) is 0 Å². The summed E-state index contributed by atoms with van der Waals surface area (Å²) in [6.45, 7) is 1.16. The molecule has 0 radical (unpaired) electrons. The molecule has 0 aliphatic carbocycles. The molecule has 3 rings (SSSR count). The molecule has 4 nitrogen and oxygen atoms in total. The molecule has 1 saturated heterocycles. The van der Waals surface area contributed by atoms with Gasteiger partial charge in [-0.15, -0.1) is 0 Å². The minimum Gasteiger partial charge on any atom is -0.316 e. The first-order valence-electron chi connectivity index (χ1n) is 6.88. The molecule has 1 fully saturated rings. The summed E-state index contributed by atoms with van der Waals surface area (Å²) in [6.07, 6.45) is 10.6. The molecule has 3 heterocycles. The quantitative estimate of drug-likeness (QED) is 0.812. The maximum absolute atomic E-state index is 6.20. The van der Waals surface area contributed by atoms with Crippen molar-refractivity contribution in [2.24, 2.45) is 5.73 Å². The summed E-state index contributed by atoms with van der Waals surface area (Å²) < 4.78 is 2.28. The Morgan fingerprint density at radius 2 is 2.29 bits per heavy atom. The number of nitrogens with zero attached hydrogens (tertiary/aromatic N) is 2. The van der Waals surface area contributed by atoms with E-state index in [1.807, 2.05) is 6.20 Å². The van der Waals surface area contributed by atoms with E-state index in [4.69, 9.17) is 5.73 Å². The van der Waals surface area contributed by atoms with Crippen LogP contribution in [-0.4, -0.2) is 22.1 Å². The average molecular weight is 234 g/mol. The molecule has 0 spiro atoms. The van der Waals surface area contributed by atoms with E-state index in [0.717, 1.165) is 25.8 Å². The van der Waals surface area contributed by atoms with E-state index in [1.54, 1.807) is 0 Å². The number of rotatable bonds is 2. The van der Waals surface area contributed by atoms with Crippen molar-refractivity contribution in [2.45, 2.75) is 57.2 Å². The van der Waals surface area contributed by atoms with Crippen LogP contribution in [0.1, 0.15) is 49.8 Å². The van der Waals surface area contributed by atoms with Gasteiger partial charge in [0.15, 0.2) is 0 Å². The Kier molecular flexibility index (Phi) is 3.16. The highest BCUT2D eigenvalue weighted by atomic mass is 15.2. The Bertz CT molecular complexity index is 379. The fraction of sp³-hybridized carbons (Fsp3) is 0.769. The molecule has 1 aromatic rings. The molecule has 4 heteroatoms. The summed E-state index contributed by atoms with van der Waals surface area (Å²) in [5.74, 6) is 1.19. The molecule has 94 valence electrons. The highest BCUT2D eigenvalue weighted by Gasteiger charge is 2.22. The normalized spacial score (nSPS) is 29.0. The fourth-order valence-corrected chi connectivity index (χ4v) is 3.12. The summed E-state index contributed by atoms with van der Waals surface area (Å²) in [5.41, 5.74) is 7.53. The van der Waals surface area contributed by atoms with E-state index in [0.29, 0.717) is 6.04 Å². The van der Waals surface area contributed by atoms with Crippen molar-refractivity contribution in [3.63, 3.8) is 0 Å². The maximum atomic E-state index is 6.20. The summed E-state index contributed by atoms with van der Waals surface area (Å²) in [5, 5.41) is 3.58. The van der Waals surface area contributed by atoms with Crippen LogP contribution in [0.25, 0.3) is 0 Å². The minimum atomic E-state index is 0.153. The minimum absolute atomic E-state index is 0.153. The summed E-state index contributed by atoms with van der Waals surface area (Å²) in [4.78, 5) is 4.59. The van der Waals surface area contributed by atoms with Crippen LogP contribution in [0.2, 0.25) is 0 Å². The van der Waals surface area contributed by atoms with Crippen LogP contribution >= 0.6 is 0 Å². The largest absolute Gasteiger partial charge is 0.316 e. The lowest BCUT2D eigenvalue weighted by molar-refractivity contribution is 0.364. The number of nitrogens with two attached hydrogens (primary N) is 1. The van der Waals surface area contributed by atoms with E-state index in [2.05, 4.69) is 14.9 Å². The lowest BCUT2D eigenvalue weighted by Gasteiger charge is -2.27. The second-order valence-electron chi connectivity index (χ2n) is 5.35. The van der Waals surface area contributed by atoms with Crippen LogP contribution in [0, 0.1) is 0 Å². The Morgan fingerprint density at radius 1 is 1.35 bits per heavy atom. The van der Waals surface area contributed by atoms with Crippen LogP contribution < -0.4 is 11.1 Å². The Labute approximate surface area is 103 Å². The van der Waals surface area contributed by atoms with Gasteiger partial charge in [0.05, 0.1) is 6.17 Å². The molecule has 0 amide bonds. The van der Waals surface area contributed by atoms with Gasteiger partial charge in [0.25, 0.3) is 0 Å². The molecule has 2 atom stereocenters. The Balaban J connectivity index is 1.76. The van der Waals surface area contributed by atoms with Crippen molar-refractivity contribution in [3.8, 4) is 0 Å². The Morgan fingerprint density at radius 3 is 3.12 bits per heavy atom. The summed E-state index contributed by atoms with van der Waals surface area (Å²) in [7, 11) is 0. The highest BCUT2D eigenvalue weighted by Crippen LogP contribution is 2.24. The zero-order valence-electron chi connectivity index (χ0n) is 10.4. The van der Waals surface area contributed by atoms with E-state index < -0.39 is 0 Å². The number of hydrogen-bond donors (Lipinski definition) is 2. The molecule has 1 aromatic heterocycles. The first-order chi connectivity index (χ1) is 8.34. The van der Waals surface area contributed by atoms with Crippen molar-refractivity contribution in [1.29, 1.82) is 0 Å². The molecule has 0 aromatic carbocycles. The van der Waals surface area contributed by atoms with Gasteiger partial charge in [-0.25, -0.2) is 4.98 Å². The fourth-order valence-electron chi connectivity index (χ4n) is 3.12. The van der Waals surface area contributed by atoms with Gasteiger partial charge in [-0.1, -0.05) is 6.42 Å². The predicted molar refractivity (Wildman–Crippen MR) is 67.7 cm³/mol. The summed E-state index contributed by atoms with van der Waals surface area (Å²) >= 11 is 0. The van der Waals surface area contributed by atoms with Gasteiger partial charge >= 0.3 is 0 Å². The van der Waals surface area contributed by atoms with E-state index in [9.17, 15) is 0 Å². The van der Waals surface area contributed by atoms with E-state index in [1.165, 1.54) is 37.2 Å². The van der Waals surface area contributed by atoms with Crippen LogP contribution in [0.5, 0.6) is 0 Å². The van der Waals surface area contributed by atoms with Crippen molar-refractivity contribution in [1.82, 2.24) is 14.9 Å². The third-order valence-electron chi connectivity index (χ3n) is 4.06. The predicted octanol–water partition coefficient (Wildman–Crippen LogP) is 1.36. The highest BCUT2D eigenvalue weighted by molar-refractivity contribution is 5.11. The molecule has 0 bridgehead atoms. The number of aryl methyl sites for hydroxylation is 1. The van der Waals surface area contributed by atoms with Gasteiger partial charge in [0, 0.05) is 24.4 Å². The molecular weight excluding hydrogens is 212 g/mol. The van der Waals surface area contributed by atoms with E-state index in [-0.39, 0.29) is 6.17 Å². The number of fused-ring (bicyclic) bond motifs is 1. The van der Waals surface area contributed by atoms with Crippen molar-refractivity contribution < 1.29 is 0 Å². The van der Waals surface area contributed by atoms with Gasteiger partial charge in [-0.3, -0.25) is 0 Å². The second kappa shape index (κ2) is 4.78. The SMILES string of the molecule is NC1CCCc2cnc(CC3CCCCN3)n21. The zero-order chi connectivity index (χ0) is 11.7. The van der Waals surface area contributed by atoms with Crippen LogP contribution in [0.4, 0.5) is 0 Å². The van der Waals surface area contributed by atoms with Gasteiger partial charge in [0.1, 0.15) is 5.82 Å². The molecular formula is C13H22N4. The number of piperidine rings is 1. The first-order valence-corrected chi connectivity index (χ1v) is 6.88. The average Bonchev–Trinajstić information content (AvgIpc) is 2.75. The van der Waals surface area contributed by atoms with Crippen LogP contribution in [0.15, 0.2) is 6.20 Å². The lowest BCUT2D eigenvalue weighted by atomic mass is 10.0. The van der Waals surface area contributed by atoms with Gasteiger partial charge in [0.2, 0.25) is 0 Å². The molecule has 2 aliphatic rings. The standard InChI is InChI=1S/C13H22N4/c14-12-6-3-5-11-9-16-13(17(11)12)8-10-4-1-2-7-15-10/h9-10,12,15H,1-8,14H2. The monoisotopic (exact) mass is 234 g/mol. The lowest BCUT2D eigenvalue weighted by Crippen LogP contribution is -2.37. The van der Waals surface area contributed by atoms with E-state index >= 15 is 0 Å². The van der Waals surface area contributed by atoms with Gasteiger partial charge in [-0.05, 0) is 38.6 Å². The summed E-state index contributed by atoms with van der Waals surface area (Å²) in [6, 6.07) is 0.601. The number of hydrogen-bond acceptors (Lipinski definition) is 3. The van der Waals surface area contributed by atoms with Crippen LogP contribution in [-0.2, 0) is 12.8 Å². The maximum Gasteiger partial charge on any atom is 0.111 e. The topological polar surface area (TPSA) is 55.9 Å². The molecule has 17 heavy (non-hydrogen) atoms. The number of nitrogens with one attached hydrogen (secondary N) is 1.